The van der Waals surface area contributed by atoms with E-state index in [-0.39, 0.29) is 16.8 Å². The molecule has 0 atom stereocenters. The second-order valence-corrected chi connectivity index (χ2v) is 7.08. The second kappa shape index (κ2) is 8.22. The van der Waals surface area contributed by atoms with Crippen LogP contribution in [0.25, 0.3) is 22.2 Å². The zero-order chi connectivity index (χ0) is 22.0. The number of alkyl halides is 3. The van der Waals surface area contributed by atoms with Crippen LogP contribution in [0.5, 0.6) is 5.75 Å². The predicted molar refractivity (Wildman–Crippen MR) is 115 cm³/mol. The number of halogens is 3. The minimum Gasteiger partial charge on any atom is -0.496 e. The molecule has 0 bridgehead atoms. The largest absolute Gasteiger partial charge is 0.496 e. The van der Waals surface area contributed by atoms with Crippen LogP contribution in [0.1, 0.15) is 11.1 Å². The van der Waals surface area contributed by atoms with Crippen LogP contribution in [0.4, 0.5) is 18.9 Å². The Bertz CT molecular complexity index is 1260. The minimum absolute atomic E-state index is 0.265. The van der Waals surface area contributed by atoms with Crippen LogP contribution in [-0.2, 0) is 12.6 Å². The summed E-state index contributed by atoms with van der Waals surface area (Å²) in [5.41, 5.74) is 1.53. The molecule has 0 amide bonds. The van der Waals surface area contributed by atoms with E-state index in [0.29, 0.717) is 28.9 Å². The highest BCUT2D eigenvalue weighted by atomic mass is 19.4. The van der Waals surface area contributed by atoms with E-state index in [0.717, 1.165) is 18.1 Å². The highest BCUT2D eigenvalue weighted by molar-refractivity contribution is 5.90. The van der Waals surface area contributed by atoms with Gasteiger partial charge in [0.05, 0.1) is 29.6 Å². The first-order valence-corrected chi connectivity index (χ1v) is 9.64. The number of ether oxygens (including phenoxy) is 1. The summed E-state index contributed by atoms with van der Waals surface area (Å²) in [4.78, 5) is 18.2. The molecule has 8 heteroatoms. The molecule has 0 aliphatic carbocycles. The Balaban J connectivity index is 1.69. The average Bonchev–Trinajstić information content (AvgIpc) is 3.15. The number of aromatic nitrogens is 2. The van der Waals surface area contributed by atoms with Crippen molar-refractivity contribution in [2.45, 2.75) is 12.6 Å². The molecule has 3 N–H and O–H groups in total. The number of hydrogen-bond donors (Lipinski definition) is 3. The average molecular weight is 427 g/mol. The standard InChI is InChI=1S/C23H20F3N3O2/c1-31-20-12-15-11-19(29-18(15)13-16(20)23(24,25)26)21-17(8-10-28-22(21)30)27-9-7-14-5-3-2-4-6-14/h2-6,8,10-13,29H,7,9H2,1H3,(H2,27,28,30). The van der Waals surface area contributed by atoms with Crippen LogP contribution < -0.4 is 15.6 Å². The summed E-state index contributed by atoms with van der Waals surface area (Å²) in [7, 11) is 1.20. The van der Waals surface area contributed by atoms with Gasteiger partial charge < -0.3 is 20.0 Å². The topological polar surface area (TPSA) is 69.9 Å². The number of benzene rings is 2. The first-order chi connectivity index (χ1) is 14.9. The molecule has 0 unspecified atom stereocenters. The Morgan fingerprint density at radius 2 is 1.84 bits per heavy atom. The fourth-order valence-electron chi connectivity index (χ4n) is 3.56. The molecule has 0 radical (unpaired) electrons. The van der Waals surface area contributed by atoms with Gasteiger partial charge in [-0.2, -0.15) is 13.2 Å². The van der Waals surface area contributed by atoms with Gasteiger partial charge in [0.25, 0.3) is 5.56 Å². The number of fused-ring (bicyclic) bond motifs is 1. The second-order valence-electron chi connectivity index (χ2n) is 7.08. The van der Waals surface area contributed by atoms with Crippen LogP contribution in [0.2, 0.25) is 0 Å². The monoisotopic (exact) mass is 427 g/mol. The predicted octanol–water partition coefficient (Wildman–Crippen LogP) is 5.21. The summed E-state index contributed by atoms with van der Waals surface area (Å²) in [6.45, 7) is 0.590. The summed E-state index contributed by atoms with van der Waals surface area (Å²) >= 11 is 0. The fraction of sp³-hybridized carbons (Fsp3) is 0.174. The lowest BCUT2D eigenvalue weighted by Gasteiger charge is -2.11. The van der Waals surface area contributed by atoms with Crippen LogP contribution in [0, 0.1) is 0 Å². The van der Waals surface area contributed by atoms with Crippen LogP contribution >= 0.6 is 0 Å². The molecule has 4 aromatic rings. The molecular weight excluding hydrogens is 407 g/mol. The number of nitrogens with one attached hydrogen (secondary N) is 3. The Labute approximate surface area is 175 Å². The summed E-state index contributed by atoms with van der Waals surface area (Å²) in [6, 6.07) is 15.6. The maximum absolute atomic E-state index is 13.3. The molecule has 160 valence electrons. The number of methoxy groups -OCH3 is 1. The SMILES string of the molecule is COc1cc2cc(-c3c(NCCc4ccccc4)cc[nH]c3=O)[nH]c2cc1C(F)(F)F. The number of H-pyrrole nitrogens is 2. The molecule has 0 aliphatic rings. The van der Waals surface area contributed by atoms with Crippen molar-refractivity contribution in [2.24, 2.45) is 0 Å². The minimum atomic E-state index is -4.56. The normalized spacial score (nSPS) is 11.6. The Kier molecular flexibility index (Phi) is 5.46. The van der Waals surface area contributed by atoms with E-state index in [4.69, 9.17) is 4.74 Å². The molecule has 31 heavy (non-hydrogen) atoms. The van der Waals surface area contributed by atoms with E-state index in [1.807, 2.05) is 30.3 Å². The molecule has 0 saturated carbocycles. The van der Waals surface area contributed by atoms with Gasteiger partial charge in [-0.05, 0) is 36.2 Å². The van der Waals surface area contributed by atoms with Gasteiger partial charge in [-0.25, -0.2) is 0 Å². The molecule has 4 rings (SSSR count). The lowest BCUT2D eigenvalue weighted by Crippen LogP contribution is -2.14. The number of aromatic amines is 2. The molecule has 2 heterocycles. The van der Waals surface area contributed by atoms with Crippen molar-refractivity contribution in [1.29, 1.82) is 0 Å². The molecule has 2 aromatic heterocycles. The first-order valence-electron chi connectivity index (χ1n) is 9.64. The lowest BCUT2D eigenvalue weighted by molar-refractivity contribution is -0.138. The van der Waals surface area contributed by atoms with Gasteiger partial charge in [0.15, 0.2) is 0 Å². The molecule has 0 fully saturated rings. The Morgan fingerprint density at radius 3 is 2.55 bits per heavy atom. The van der Waals surface area contributed by atoms with Crippen molar-refractivity contribution >= 4 is 16.6 Å². The molecule has 0 spiro atoms. The molecule has 0 saturated heterocycles. The Hall–Kier alpha value is -3.68. The van der Waals surface area contributed by atoms with E-state index in [1.54, 1.807) is 12.1 Å². The Morgan fingerprint density at radius 1 is 1.06 bits per heavy atom. The van der Waals surface area contributed by atoms with Crippen molar-refractivity contribution in [2.75, 3.05) is 19.0 Å². The zero-order valence-electron chi connectivity index (χ0n) is 16.6. The third-order valence-corrected chi connectivity index (χ3v) is 5.05. The van der Waals surface area contributed by atoms with Gasteiger partial charge in [0, 0.05) is 23.6 Å². The van der Waals surface area contributed by atoms with Gasteiger partial charge >= 0.3 is 6.18 Å². The summed E-state index contributed by atoms with van der Waals surface area (Å²) in [5.74, 6) is -0.270. The molecule has 0 aliphatic heterocycles. The third kappa shape index (κ3) is 4.28. The fourth-order valence-corrected chi connectivity index (χ4v) is 3.56. The van der Waals surface area contributed by atoms with E-state index < -0.39 is 11.7 Å². The zero-order valence-corrected chi connectivity index (χ0v) is 16.6. The van der Waals surface area contributed by atoms with Gasteiger partial charge in [-0.15, -0.1) is 0 Å². The molecule has 5 nitrogen and oxygen atoms in total. The van der Waals surface area contributed by atoms with Gasteiger partial charge in [0.2, 0.25) is 0 Å². The van der Waals surface area contributed by atoms with Crippen molar-refractivity contribution < 1.29 is 17.9 Å². The van der Waals surface area contributed by atoms with Crippen LogP contribution in [0.3, 0.4) is 0 Å². The highest BCUT2D eigenvalue weighted by Gasteiger charge is 2.35. The summed E-state index contributed by atoms with van der Waals surface area (Å²) in [5, 5.41) is 3.77. The summed E-state index contributed by atoms with van der Waals surface area (Å²) < 4.78 is 44.9. The van der Waals surface area contributed by atoms with Crippen molar-refractivity contribution in [3.05, 3.63) is 82.3 Å². The van der Waals surface area contributed by atoms with Crippen molar-refractivity contribution in [3.63, 3.8) is 0 Å². The van der Waals surface area contributed by atoms with E-state index >= 15 is 0 Å². The molecular formula is C23H20F3N3O2. The lowest BCUT2D eigenvalue weighted by atomic mass is 10.1. The number of hydrogen-bond acceptors (Lipinski definition) is 3. The van der Waals surface area contributed by atoms with Crippen LogP contribution in [0.15, 0.2) is 65.6 Å². The maximum Gasteiger partial charge on any atom is 0.420 e. The van der Waals surface area contributed by atoms with Gasteiger partial charge in [-0.3, -0.25) is 4.79 Å². The van der Waals surface area contributed by atoms with Crippen molar-refractivity contribution in [1.82, 2.24) is 9.97 Å². The van der Waals surface area contributed by atoms with Crippen molar-refractivity contribution in [3.8, 4) is 17.0 Å². The highest BCUT2D eigenvalue weighted by Crippen LogP contribution is 2.39. The number of pyridine rings is 1. The van der Waals surface area contributed by atoms with Crippen LogP contribution in [-0.4, -0.2) is 23.6 Å². The van der Waals surface area contributed by atoms with E-state index in [9.17, 15) is 18.0 Å². The smallest absolute Gasteiger partial charge is 0.420 e. The third-order valence-electron chi connectivity index (χ3n) is 5.05. The van der Waals surface area contributed by atoms with Gasteiger partial charge in [0.1, 0.15) is 5.75 Å². The first kappa shape index (κ1) is 20.6. The number of rotatable bonds is 6. The number of anilines is 1. The molecule has 2 aromatic carbocycles. The maximum atomic E-state index is 13.3. The summed E-state index contributed by atoms with van der Waals surface area (Å²) in [6.07, 6.45) is -2.27. The van der Waals surface area contributed by atoms with E-state index in [1.165, 1.54) is 19.4 Å². The quantitative estimate of drug-likeness (QED) is 0.396. The van der Waals surface area contributed by atoms with Gasteiger partial charge in [-0.1, -0.05) is 30.3 Å². The van der Waals surface area contributed by atoms with E-state index in [2.05, 4.69) is 15.3 Å².